The smallest absolute Gasteiger partial charge is 0.124 e. The number of aromatic amines is 1. The Labute approximate surface area is 172 Å². The van der Waals surface area contributed by atoms with Crippen molar-refractivity contribution in [3.63, 3.8) is 0 Å². The highest BCUT2D eigenvalue weighted by Crippen LogP contribution is 2.26. The SMILES string of the molecule is Cc1ccc(COc2ccccc2CN2C[C@@H](Cc3cc(C)[nH]n3)[C@@H](O)C2)cc1. The standard InChI is InChI=1S/C24H29N3O2/c1-17-7-9-19(10-8-17)16-29-24-6-4-3-5-20(24)13-27-14-21(23(28)15-27)12-22-11-18(2)25-26-22/h3-11,21,23,28H,12-16H2,1-2H3,(H,25,26)/t21-,23+/m1/s1. The number of β-amino-alcohol motifs (C(OH)–C–C–N with tert-alkyl or cyclic N) is 1. The lowest BCUT2D eigenvalue weighted by atomic mass is 10.0. The van der Waals surface area contributed by atoms with Gasteiger partial charge in [0.2, 0.25) is 0 Å². The van der Waals surface area contributed by atoms with Crippen LogP contribution in [0, 0.1) is 19.8 Å². The maximum atomic E-state index is 10.5. The van der Waals surface area contributed by atoms with E-state index >= 15 is 0 Å². The van der Waals surface area contributed by atoms with Crippen LogP contribution in [0.1, 0.15) is 28.1 Å². The van der Waals surface area contributed by atoms with E-state index in [4.69, 9.17) is 4.74 Å². The Balaban J connectivity index is 1.37. The number of aliphatic hydroxyl groups excluding tert-OH is 1. The Morgan fingerprint density at radius 3 is 2.66 bits per heavy atom. The van der Waals surface area contributed by atoms with Gasteiger partial charge >= 0.3 is 0 Å². The van der Waals surface area contributed by atoms with Gasteiger partial charge in [-0.1, -0.05) is 48.0 Å². The summed E-state index contributed by atoms with van der Waals surface area (Å²) in [6, 6.07) is 18.7. The first-order valence-electron chi connectivity index (χ1n) is 10.2. The lowest BCUT2D eigenvalue weighted by Gasteiger charge is -2.18. The van der Waals surface area contributed by atoms with Crippen molar-refractivity contribution in [1.82, 2.24) is 15.1 Å². The third kappa shape index (κ3) is 5.05. The summed E-state index contributed by atoms with van der Waals surface area (Å²) in [7, 11) is 0. The molecular weight excluding hydrogens is 362 g/mol. The zero-order valence-corrected chi connectivity index (χ0v) is 17.1. The number of H-pyrrole nitrogens is 1. The summed E-state index contributed by atoms with van der Waals surface area (Å²) >= 11 is 0. The van der Waals surface area contributed by atoms with Crippen LogP contribution < -0.4 is 4.74 Å². The Bertz CT molecular complexity index is 935. The molecule has 5 heteroatoms. The van der Waals surface area contributed by atoms with Crippen LogP contribution in [0.4, 0.5) is 0 Å². The summed E-state index contributed by atoms with van der Waals surface area (Å²) in [5, 5.41) is 17.8. The average Bonchev–Trinajstić information content (AvgIpc) is 3.27. The van der Waals surface area contributed by atoms with Gasteiger partial charge in [0.25, 0.3) is 0 Å². The lowest BCUT2D eigenvalue weighted by Crippen LogP contribution is -2.21. The maximum absolute atomic E-state index is 10.5. The molecule has 0 amide bonds. The van der Waals surface area contributed by atoms with Gasteiger partial charge in [-0.05, 0) is 38.0 Å². The van der Waals surface area contributed by atoms with Crippen molar-refractivity contribution >= 4 is 0 Å². The van der Waals surface area contributed by atoms with Gasteiger partial charge in [0.15, 0.2) is 0 Å². The quantitative estimate of drug-likeness (QED) is 0.646. The summed E-state index contributed by atoms with van der Waals surface area (Å²) in [6.07, 6.45) is 0.473. The Hall–Kier alpha value is -2.63. The number of aliphatic hydroxyl groups is 1. The number of nitrogens with one attached hydrogen (secondary N) is 1. The molecule has 0 unspecified atom stereocenters. The first-order valence-corrected chi connectivity index (χ1v) is 10.2. The normalized spacial score (nSPS) is 19.6. The maximum Gasteiger partial charge on any atom is 0.124 e. The van der Waals surface area contributed by atoms with Crippen LogP contribution in [0.3, 0.4) is 0 Å². The summed E-state index contributed by atoms with van der Waals surface area (Å²) in [5.41, 5.74) is 5.65. The van der Waals surface area contributed by atoms with Crippen molar-refractivity contribution in [3.05, 3.63) is 82.7 Å². The second-order valence-electron chi connectivity index (χ2n) is 8.15. The molecule has 0 aliphatic carbocycles. The highest BCUT2D eigenvalue weighted by Gasteiger charge is 2.32. The Kier molecular flexibility index (Phi) is 5.97. The number of aryl methyl sites for hydroxylation is 2. The first-order chi connectivity index (χ1) is 14.1. The molecule has 2 N–H and O–H groups in total. The second-order valence-corrected chi connectivity index (χ2v) is 8.15. The predicted octanol–water partition coefficient (Wildman–Crippen LogP) is 3.64. The molecule has 1 aliphatic rings. The number of likely N-dealkylation sites (tertiary alicyclic amines) is 1. The molecule has 1 aliphatic heterocycles. The summed E-state index contributed by atoms with van der Waals surface area (Å²) in [4.78, 5) is 2.31. The number of hydrogen-bond donors (Lipinski definition) is 2. The van der Waals surface area contributed by atoms with Crippen LogP contribution in [-0.4, -0.2) is 39.4 Å². The molecule has 29 heavy (non-hydrogen) atoms. The van der Waals surface area contributed by atoms with Gasteiger partial charge in [0, 0.05) is 36.8 Å². The molecule has 1 fully saturated rings. The van der Waals surface area contributed by atoms with Gasteiger partial charge in [-0.25, -0.2) is 0 Å². The molecule has 3 aromatic rings. The molecule has 152 valence electrons. The average molecular weight is 392 g/mol. The van der Waals surface area contributed by atoms with Crippen LogP contribution >= 0.6 is 0 Å². The lowest BCUT2D eigenvalue weighted by molar-refractivity contribution is 0.140. The fraction of sp³-hybridized carbons (Fsp3) is 0.375. The molecule has 2 heterocycles. The number of ether oxygens (including phenoxy) is 1. The number of rotatable bonds is 7. The summed E-state index contributed by atoms with van der Waals surface area (Å²) in [5.74, 6) is 1.12. The van der Waals surface area contributed by atoms with Gasteiger partial charge < -0.3 is 9.84 Å². The van der Waals surface area contributed by atoms with Crippen LogP contribution in [-0.2, 0) is 19.6 Å². The minimum absolute atomic E-state index is 0.207. The summed E-state index contributed by atoms with van der Waals surface area (Å²) < 4.78 is 6.12. The molecule has 1 aromatic heterocycles. The Morgan fingerprint density at radius 2 is 1.90 bits per heavy atom. The van der Waals surface area contributed by atoms with Crippen LogP contribution in [0.2, 0.25) is 0 Å². The van der Waals surface area contributed by atoms with E-state index in [-0.39, 0.29) is 12.0 Å². The minimum atomic E-state index is -0.326. The van der Waals surface area contributed by atoms with E-state index in [0.29, 0.717) is 13.2 Å². The van der Waals surface area contributed by atoms with E-state index in [1.807, 2.05) is 25.1 Å². The van der Waals surface area contributed by atoms with E-state index in [2.05, 4.69) is 58.4 Å². The topological polar surface area (TPSA) is 61.4 Å². The van der Waals surface area contributed by atoms with Gasteiger partial charge in [0.1, 0.15) is 12.4 Å². The fourth-order valence-corrected chi connectivity index (χ4v) is 3.98. The van der Waals surface area contributed by atoms with Gasteiger partial charge in [-0.15, -0.1) is 0 Å². The Morgan fingerprint density at radius 1 is 1.10 bits per heavy atom. The zero-order chi connectivity index (χ0) is 20.2. The zero-order valence-electron chi connectivity index (χ0n) is 17.1. The number of para-hydroxylation sites is 1. The first kappa shape index (κ1) is 19.7. The molecule has 0 spiro atoms. The van der Waals surface area contributed by atoms with Crippen molar-refractivity contribution in [2.24, 2.45) is 5.92 Å². The molecule has 4 rings (SSSR count). The van der Waals surface area contributed by atoms with E-state index in [9.17, 15) is 5.11 Å². The van der Waals surface area contributed by atoms with Crippen molar-refractivity contribution < 1.29 is 9.84 Å². The van der Waals surface area contributed by atoms with Crippen LogP contribution in [0.15, 0.2) is 54.6 Å². The number of hydrogen-bond acceptors (Lipinski definition) is 4. The minimum Gasteiger partial charge on any atom is -0.489 e. The summed E-state index contributed by atoms with van der Waals surface area (Å²) in [6.45, 7) is 6.96. The predicted molar refractivity (Wildman–Crippen MR) is 114 cm³/mol. The van der Waals surface area contributed by atoms with Crippen LogP contribution in [0.5, 0.6) is 5.75 Å². The highest BCUT2D eigenvalue weighted by molar-refractivity contribution is 5.34. The molecule has 0 radical (unpaired) electrons. The molecule has 2 atom stereocenters. The monoisotopic (exact) mass is 391 g/mol. The second kappa shape index (κ2) is 8.80. The number of benzene rings is 2. The van der Waals surface area contributed by atoms with E-state index in [1.165, 1.54) is 5.56 Å². The number of aromatic nitrogens is 2. The highest BCUT2D eigenvalue weighted by atomic mass is 16.5. The number of nitrogens with zero attached hydrogens (tertiary/aromatic N) is 2. The third-order valence-corrected chi connectivity index (χ3v) is 5.59. The van der Waals surface area contributed by atoms with E-state index < -0.39 is 0 Å². The molecular formula is C24H29N3O2. The fourth-order valence-electron chi connectivity index (χ4n) is 3.98. The van der Waals surface area contributed by atoms with Gasteiger partial charge in [0.05, 0.1) is 11.8 Å². The molecule has 0 bridgehead atoms. The largest absolute Gasteiger partial charge is 0.489 e. The van der Waals surface area contributed by atoms with Crippen molar-refractivity contribution in [3.8, 4) is 5.75 Å². The molecule has 2 aromatic carbocycles. The third-order valence-electron chi connectivity index (χ3n) is 5.59. The van der Waals surface area contributed by atoms with E-state index in [1.54, 1.807) is 0 Å². The van der Waals surface area contributed by atoms with E-state index in [0.717, 1.165) is 47.8 Å². The van der Waals surface area contributed by atoms with Crippen molar-refractivity contribution in [1.29, 1.82) is 0 Å². The van der Waals surface area contributed by atoms with Gasteiger partial charge in [-0.3, -0.25) is 10.00 Å². The molecule has 5 nitrogen and oxygen atoms in total. The molecule has 0 saturated carbocycles. The van der Waals surface area contributed by atoms with Crippen molar-refractivity contribution in [2.75, 3.05) is 13.1 Å². The van der Waals surface area contributed by atoms with Crippen molar-refractivity contribution in [2.45, 2.75) is 39.5 Å². The van der Waals surface area contributed by atoms with Crippen LogP contribution in [0.25, 0.3) is 0 Å². The molecule has 1 saturated heterocycles. The van der Waals surface area contributed by atoms with Gasteiger partial charge in [-0.2, -0.15) is 5.10 Å².